The first kappa shape index (κ1) is 15.8. The van der Waals surface area contributed by atoms with Crippen LogP contribution < -0.4 is 10.6 Å². The first-order valence-corrected chi connectivity index (χ1v) is 7.31. The average molecular weight is 296 g/mol. The van der Waals surface area contributed by atoms with E-state index < -0.39 is 0 Å². The van der Waals surface area contributed by atoms with Crippen molar-refractivity contribution in [1.29, 1.82) is 0 Å². The van der Waals surface area contributed by atoms with E-state index in [0.717, 1.165) is 0 Å². The second-order valence-electron chi connectivity index (χ2n) is 5.47. The van der Waals surface area contributed by atoms with Gasteiger partial charge in [0.25, 0.3) is 11.8 Å². The molecular weight excluding hydrogens is 276 g/mol. The van der Waals surface area contributed by atoms with E-state index in [1.807, 2.05) is 19.9 Å². The van der Waals surface area contributed by atoms with Gasteiger partial charge >= 0.3 is 0 Å². The van der Waals surface area contributed by atoms with Crippen LogP contribution in [0.5, 0.6) is 0 Å². The van der Waals surface area contributed by atoms with Gasteiger partial charge in [-0.3, -0.25) is 9.59 Å². The maximum atomic E-state index is 12.2. The van der Waals surface area contributed by atoms with Crippen molar-refractivity contribution in [2.24, 2.45) is 5.92 Å². The van der Waals surface area contributed by atoms with Gasteiger partial charge in [-0.05, 0) is 30.2 Å². The summed E-state index contributed by atoms with van der Waals surface area (Å²) in [5.41, 5.74) is 1.53. The minimum absolute atomic E-state index is 0.183. The molecule has 0 radical (unpaired) electrons. The molecule has 4 heteroatoms. The Balaban J connectivity index is 2.15. The molecule has 2 rings (SSSR count). The number of anilines is 1. The predicted molar refractivity (Wildman–Crippen MR) is 88.0 cm³/mol. The summed E-state index contributed by atoms with van der Waals surface area (Å²) in [6, 6.07) is 15.9. The van der Waals surface area contributed by atoms with Crippen molar-refractivity contribution in [3.63, 3.8) is 0 Å². The second kappa shape index (κ2) is 7.41. The van der Waals surface area contributed by atoms with Crippen LogP contribution in [0.4, 0.5) is 5.69 Å². The molecule has 4 nitrogen and oxygen atoms in total. The molecule has 0 aliphatic heterocycles. The smallest absolute Gasteiger partial charge is 0.255 e. The Morgan fingerprint density at radius 1 is 0.909 bits per heavy atom. The third-order valence-corrected chi connectivity index (χ3v) is 3.13. The van der Waals surface area contributed by atoms with E-state index in [2.05, 4.69) is 10.6 Å². The van der Waals surface area contributed by atoms with Crippen LogP contribution in [0.2, 0.25) is 0 Å². The van der Waals surface area contributed by atoms with Crippen LogP contribution in [0.15, 0.2) is 54.6 Å². The minimum atomic E-state index is -0.232. The highest BCUT2D eigenvalue weighted by Gasteiger charge is 2.13. The van der Waals surface area contributed by atoms with Crippen LogP contribution in [0, 0.1) is 5.92 Å². The summed E-state index contributed by atoms with van der Waals surface area (Å²) in [4.78, 5) is 24.4. The lowest BCUT2D eigenvalue weighted by molar-refractivity contribution is 0.0950. The molecule has 0 aromatic heterocycles. The lowest BCUT2D eigenvalue weighted by Crippen LogP contribution is -2.28. The number of hydrogen-bond acceptors (Lipinski definition) is 2. The number of rotatable bonds is 5. The van der Waals surface area contributed by atoms with E-state index in [1.54, 1.807) is 48.5 Å². The summed E-state index contributed by atoms with van der Waals surface area (Å²) < 4.78 is 0. The molecule has 2 aromatic rings. The molecule has 0 bridgehead atoms. The summed E-state index contributed by atoms with van der Waals surface area (Å²) in [6.45, 7) is 4.66. The number of carbonyl (C=O) groups is 2. The average Bonchev–Trinajstić information content (AvgIpc) is 2.54. The van der Waals surface area contributed by atoms with Gasteiger partial charge in [-0.25, -0.2) is 0 Å². The van der Waals surface area contributed by atoms with Gasteiger partial charge in [-0.1, -0.05) is 44.2 Å². The Morgan fingerprint density at radius 3 is 2.23 bits per heavy atom. The Hall–Kier alpha value is -2.62. The van der Waals surface area contributed by atoms with E-state index >= 15 is 0 Å². The zero-order chi connectivity index (χ0) is 15.9. The van der Waals surface area contributed by atoms with Crippen molar-refractivity contribution in [3.8, 4) is 0 Å². The van der Waals surface area contributed by atoms with Gasteiger partial charge in [0.05, 0.1) is 11.3 Å². The SMILES string of the molecule is CC(C)CNC(=O)c1ccccc1NC(=O)c1ccccc1. The molecular formula is C18H20N2O2. The van der Waals surface area contributed by atoms with Gasteiger partial charge in [0, 0.05) is 12.1 Å². The zero-order valence-electron chi connectivity index (χ0n) is 12.8. The van der Waals surface area contributed by atoms with E-state index in [0.29, 0.717) is 29.3 Å². The quantitative estimate of drug-likeness (QED) is 0.889. The fraction of sp³-hybridized carbons (Fsp3) is 0.222. The molecule has 0 spiro atoms. The highest BCUT2D eigenvalue weighted by Crippen LogP contribution is 2.16. The number of hydrogen-bond donors (Lipinski definition) is 2. The minimum Gasteiger partial charge on any atom is -0.352 e. The number of amides is 2. The first-order chi connectivity index (χ1) is 10.6. The third-order valence-electron chi connectivity index (χ3n) is 3.13. The molecule has 0 aliphatic rings. The van der Waals surface area contributed by atoms with E-state index in [9.17, 15) is 9.59 Å². The highest BCUT2D eigenvalue weighted by atomic mass is 16.2. The Labute approximate surface area is 130 Å². The van der Waals surface area contributed by atoms with Crippen LogP contribution in [0.1, 0.15) is 34.6 Å². The molecule has 0 heterocycles. The van der Waals surface area contributed by atoms with Crippen LogP contribution in [0.3, 0.4) is 0 Å². The van der Waals surface area contributed by atoms with Gasteiger partial charge in [0.1, 0.15) is 0 Å². The lowest BCUT2D eigenvalue weighted by Gasteiger charge is -2.12. The lowest BCUT2D eigenvalue weighted by atomic mass is 10.1. The summed E-state index contributed by atoms with van der Waals surface area (Å²) in [5, 5.41) is 5.66. The van der Waals surface area contributed by atoms with Crippen LogP contribution in [-0.2, 0) is 0 Å². The van der Waals surface area contributed by atoms with Crippen molar-refractivity contribution in [1.82, 2.24) is 5.32 Å². The molecule has 2 N–H and O–H groups in total. The van der Waals surface area contributed by atoms with Gasteiger partial charge in [0.2, 0.25) is 0 Å². The summed E-state index contributed by atoms with van der Waals surface area (Å²) in [5.74, 6) is -0.0441. The zero-order valence-corrected chi connectivity index (χ0v) is 12.8. The molecule has 0 fully saturated rings. The molecule has 2 amide bonds. The van der Waals surface area contributed by atoms with Gasteiger partial charge < -0.3 is 10.6 Å². The number of carbonyl (C=O) groups excluding carboxylic acids is 2. The molecule has 114 valence electrons. The van der Waals surface area contributed by atoms with Gasteiger partial charge in [-0.2, -0.15) is 0 Å². The summed E-state index contributed by atoms with van der Waals surface area (Å²) in [6.07, 6.45) is 0. The van der Waals surface area contributed by atoms with Crippen molar-refractivity contribution in [2.45, 2.75) is 13.8 Å². The first-order valence-electron chi connectivity index (χ1n) is 7.31. The van der Waals surface area contributed by atoms with Crippen molar-refractivity contribution in [3.05, 3.63) is 65.7 Å². The Morgan fingerprint density at radius 2 is 1.55 bits per heavy atom. The molecule has 22 heavy (non-hydrogen) atoms. The van der Waals surface area contributed by atoms with Crippen LogP contribution in [0.25, 0.3) is 0 Å². The maximum absolute atomic E-state index is 12.2. The topological polar surface area (TPSA) is 58.2 Å². The monoisotopic (exact) mass is 296 g/mol. The summed E-state index contributed by atoms with van der Waals surface area (Å²) >= 11 is 0. The number of nitrogens with one attached hydrogen (secondary N) is 2. The second-order valence-corrected chi connectivity index (χ2v) is 5.47. The van der Waals surface area contributed by atoms with E-state index in [1.165, 1.54) is 0 Å². The Bertz CT molecular complexity index is 651. The number of para-hydroxylation sites is 1. The van der Waals surface area contributed by atoms with E-state index in [4.69, 9.17) is 0 Å². The van der Waals surface area contributed by atoms with Crippen molar-refractivity contribution >= 4 is 17.5 Å². The Kier molecular flexibility index (Phi) is 5.31. The van der Waals surface area contributed by atoms with Crippen LogP contribution >= 0.6 is 0 Å². The maximum Gasteiger partial charge on any atom is 0.255 e. The van der Waals surface area contributed by atoms with Crippen molar-refractivity contribution < 1.29 is 9.59 Å². The predicted octanol–water partition coefficient (Wildman–Crippen LogP) is 3.32. The highest BCUT2D eigenvalue weighted by molar-refractivity contribution is 6.08. The van der Waals surface area contributed by atoms with Gasteiger partial charge in [-0.15, -0.1) is 0 Å². The molecule has 0 atom stereocenters. The fourth-order valence-corrected chi connectivity index (χ4v) is 1.97. The molecule has 0 unspecified atom stereocenters. The van der Waals surface area contributed by atoms with Gasteiger partial charge in [0.15, 0.2) is 0 Å². The number of benzene rings is 2. The van der Waals surface area contributed by atoms with Crippen molar-refractivity contribution in [2.75, 3.05) is 11.9 Å². The molecule has 0 saturated heterocycles. The fourth-order valence-electron chi connectivity index (χ4n) is 1.97. The van der Waals surface area contributed by atoms with Crippen LogP contribution in [-0.4, -0.2) is 18.4 Å². The van der Waals surface area contributed by atoms with E-state index in [-0.39, 0.29) is 11.8 Å². The molecule has 2 aromatic carbocycles. The standard InChI is InChI=1S/C18H20N2O2/c1-13(2)12-19-18(22)15-10-6-7-11-16(15)20-17(21)14-8-4-3-5-9-14/h3-11,13H,12H2,1-2H3,(H,19,22)(H,20,21). The largest absolute Gasteiger partial charge is 0.352 e. The normalized spacial score (nSPS) is 10.3. The molecule has 0 aliphatic carbocycles. The third kappa shape index (κ3) is 4.19. The molecule has 0 saturated carbocycles. The summed E-state index contributed by atoms with van der Waals surface area (Å²) in [7, 11) is 0.